The number of halogens is 1. The van der Waals surface area contributed by atoms with Crippen LogP contribution in [0.25, 0.3) is 0 Å². The molecule has 0 unspecified atom stereocenters. The molecule has 0 bridgehead atoms. The highest BCUT2D eigenvalue weighted by atomic mass is 35.5. The molecule has 0 aliphatic carbocycles. The lowest BCUT2D eigenvalue weighted by Gasteiger charge is -2.24. The molecule has 0 saturated carbocycles. The molecule has 0 spiro atoms. The zero-order valence-electron chi connectivity index (χ0n) is 9.39. The fraction of sp³-hybridized carbons (Fsp3) is 0.600. The predicted octanol–water partition coefficient (Wildman–Crippen LogP) is 2.78. The molecule has 6 heteroatoms. The maximum atomic E-state index is 12.2. The van der Waals surface area contributed by atoms with Gasteiger partial charge in [0.2, 0.25) is 0 Å². The Kier molecular flexibility index (Phi) is 5.24. The summed E-state index contributed by atoms with van der Waals surface area (Å²) in [5.41, 5.74) is 0. The van der Waals surface area contributed by atoms with Crippen molar-refractivity contribution in [3.8, 4) is 0 Å². The first-order chi connectivity index (χ1) is 7.50. The van der Waals surface area contributed by atoms with Crippen molar-refractivity contribution in [2.24, 2.45) is 0 Å². The summed E-state index contributed by atoms with van der Waals surface area (Å²) in [5.74, 6) is 0.475. The maximum Gasteiger partial charge on any atom is 0.252 e. The summed E-state index contributed by atoms with van der Waals surface area (Å²) >= 11 is 6.85. The standard InChI is InChI=1S/C10H16ClNO2S2/c1-9(2)12(7-4-6-11)16(13,14)10-5-3-8-15-10/h3,5,8-9H,4,6-7H2,1-2H3. The molecule has 0 amide bonds. The normalized spacial score (nSPS) is 12.6. The molecular weight excluding hydrogens is 266 g/mol. The highest BCUT2D eigenvalue weighted by molar-refractivity contribution is 7.91. The van der Waals surface area contributed by atoms with Crippen LogP contribution in [-0.4, -0.2) is 31.2 Å². The molecule has 0 aromatic carbocycles. The average Bonchev–Trinajstić information content (AvgIpc) is 2.70. The molecule has 16 heavy (non-hydrogen) atoms. The Bertz CT molecular complexity index is 400. The van der Waals surface area contributed by atoms with Crippen molar-refractivity contribution in [1.29, 1.82) is 0 Å². The lowest BCUT2D eigenvalue weighted by atomic mass is 10.4. The Hall–Kier alpha value is -0.100. The van der Waals surface area contributed by atoms with Crippen LogP contribution in [0.2, 0.25) is 0 Å². The number of nitrogens with zero attached hydrogens (tertiary/aromatic N) is 1. The van der Waals surface area contributed by atoms with Gasteiger partial charge in [0.15, 0.2) is 0 Å². The number of hydrogen-bond acceptors (Lipinski definition) is 3. The first kappa shape index (κ1) is 14.0. The summed E-state index contributed by atoms with van der Waals surface area (Å²) < 4.78 is 26.4. The second-order valence-electron chi connectivity index (χ2n) is 3.68. The zero-order valence-corrected chi connectivity index (χ0v) is 11.8. The van der Waals surface area contributed by atoms with Gasteiger partial charge in [0, 0.05) is 18.5 Å². The fourth-order valence-electron chi connectivity index (χ4n) is 1.40. The van der Waals surface area contributed by atoms with E-state index in [9.17, 15) is 8.42 Å². The van der Waals surface area contributed by atoms with E-state index in [1.54, 1.807) is 17.5 Å². The maximum absolute atomic E-state index is 12.2. The number of alkyl halides is 1. The van der Waals surface area contributed by atoms with Gasteiger partial charge in [0.05, 0.1) is 0 Å². The average molecular weight is 282 g/mol. The molecule has 0 radical (unpaired) electrons. The van der Waals surface area contributed by atoms with Crippen LogP contribution in [0.5, 0.6) is 0 Å². The van der Waals surface area contributed by atoms with Crippen LogP contribution in [-0.2, 0) is 10.0 Å². The van der Waals surface area contributed by atoms with Gasteiger partial charge in [-0.1, -0.05) is 6.07 Å². The largest absolute Gasteiger partial charge is 0.252 e. The molecule has 0 atom stereocenters. The Morgan fingerprint density at radius 1 is 1.50 bits per heavy atom. The smallest absolute Gasteiger partial charge is 0.206 e. The third kappa shape index (κ3) is 3.20. The third-order valence-corrected chi connectivity index (χ3v) is 5.86. The van der Waals surface area contributed by atoms with Crippen molar-refractivity contribution < 1.29 is 8.42 Å². The lowest BCUT2D eigenvalue weighted by molar-refractivity contribution is 0.355. The van der Waals surface area contributed by atoms with Crippen LogP contribution < -0.4 is 0 Å². The quantitative estimate of drug-likeness (QED) is 0.752. The van der Waals surface area contributed by atoms with Gasteiger partial charge in [0.25, 0.3) is 10.0 Å². The van der Waals surface area contributed by atoms with E-state index in [1.165, 1.54) is 15.6 Å². The molecule has 92 valence electrons. The Labute approximate surface area is 106 Å². The van der Waals surface area contributed by atoms with Gasteiger partial charge < -0.3 is 0 Å². The third-order valence-electron chi connectivity index (χ3n) is 2.15. The van der Waals surface area contributed by atoms with E-state index in [2.05, 4.69) is 0 Å². The van der Waals surface area contributed by atoms with Crippen LogP contribution >= 0.6 is 22.9 Å². The van der Waals surface area contributed by atoms with Crippen LogP contribution in [0.15, 0.2) is 21.7 Å². The number of sulfonamides is 1. The fourth-order valence-corrected chi connectivity index (χ4v) is 4.31. The second-order valence-corrected chi connectivity index (χ2v) is 7.13. The summed E-state index contributed by atoms with van der Waals surface area (Å²) in [7, 11) is -3.34. The Balaban J connectivity index is 2.94. The molecule has 1 rings (SSSR count). The van der Waals surface area contributed by atoms with Gasteiger partial charge in [-0.3, -0.25) is 0 Å². The predicted molar refractivity (Wildman–Crippen MR) is 68.7 cm³/mol. The van der Waals surface area contributed by atoms with E-state index in [1.807, 2.05) is 13.8 Å². The van der Waals surface area contributed by atoms with E-state index < -0.39 is 10.0 Å². The summed E-state index contributed by atoms with van der Waals surface area (Å²) in [6.45, 7) is 4.22. The molecular formula is C10H16ClNO2S2. The van der Waals surface area contributed by atoms with Gasteiger partial charge in [-0.25, -0.2) is 8.42 Å². The number of thiophene rings is 1. The Morgan fingerprint density at radius 2 is 2.19 bits per heavy atom. The first-order valence-corrected chi connectivity index (χ1v) is 7.97. The number of hydrogen-bond donors (Lipinski definition) is 0. The molecule has 0 aliphatic heterocycles. The molecule has 0 N–H and O–H groups in total. The van der Waals surface area contributed by atoms with Crippen molar-refractivity contribution in [2.45, 2.75) is 30.5 Å². The van der Waals surface area contributed by atoms with Crippen LogP contribution in [0.4, 0.5) is 0 Å². The summed E-state index contributed by atoms with van der Waals surface area (Å²) in [4.78, 5) is 0. The topological polar surface area (TPSA) is 37.4 Å². The van der Waals surface area contributed by atoms with Crippen molar-refractivity contribution in [1.82, 2.24) is 4.31 Å². The zero-order chi connectivity index (χ0) is 12.2. The first-order valence-electron chi connectivity index (χ1n) is 5.11. The van der Waals surface area contributed by atoms with Crippen molar-refractivity contribution in [3.05, 3.63) is 17.5 Å². The molecule has 0 saturated heterocycles. The highest BCUT2D eigenvalue weighted by Gasteiger charge is 2.26. The van der Waals surface area contributed by atoms with Crippen molar-refractivity contribution in [2.75, 3.05) is 12.4 Å². The van der Waals surface area contributed by atoms with Crippen LogP contribution in [0, 0.1) is 0 Å². The molecule has 1 aromatic heterocycles. The lowest BCUT2D eigenvalue weighted by Crippen LogP contribution is -2.37. The SMILES string of the molecule is CC(C)N(CCCCl)S(=O)(=O)c1cccs1. The monoisotopic (exact) mass is 281 g/mol. The highest BCUT2D eigenvalue weighted by Crippen LogP contribution is 2.22. The van der Waals surface area contributed by atoms with E-state index in [0.717, 1.165) is 0 Å². The van der Waals surface area contributed by atoms with Gasteiger partial charge >= 0.3 is 0 Å². The summed E-state index contributed by atoms with van der Waals surface area (Å²) in [5, 5.41) is 1.77. The van der Waals surface area contributed by atoms with Gasteiger partial charge in [-0.2, -0.15) is 4.31 Å². The van der Waals surface area contributed by atoms with Gasteiger partial charge in [-0.15, -0.1) is 22.9 Å². The van der Waals surface area contributed by atoms with E-state index in [-0.39, 0.29) is 6.04 Å². The van der Waals surface area contributed by atoms with Gasteiger partial charge in [0.1, 0.15) is 4.21 Å². The minimum absolute atomic E-state index is 0.0460. The van der Waals surface area contributed by atoms with Gasteiger partial charge in [-0.05, 0) is 31.7 Å². The van der Waals surface area contributed by atoms with Crippen molar-refractivity contribution >= 4 is 33.0 Å². The van der Waals surface area contributed by atoms with Crippen LogP contribution in [0.1, 0.15) is 20.3 Å². The van der Waals surface area contributed by atoms with E-state index in [0.29, 0.717) is 23.1 Å². The van der Waals surface area contributed by atoms with E-state index in [4.69, 9.17) is 11.6 Å². The summed E-state index contributed by atoms with van der Waals surface area (Å²) in [6, 6.07) is 3.34. The molecule has 1 heterocycles. The van der Waals surface area contributed by atoms with Crippen LogP contribution in [0.3, 0.4) is 0 Å². The molecule has 1 aromatic rings. The second kappa shape index (κ2) is 6.00. The minimum Gasteiger partial charge on any atom is -0.206 e. The number of rotatable bonds is 6. The minimum atomic E-state index is -3.34. The van der Waals surface area contributed by atoms with Crippen molar-refractivity contribution in [3.63, 3.8) is 0 Å². The van der Waals surface area contributed by atoms with E-state index >= 15 is 0 Å². The molecule has 0 aliphatic rings. The summed E-state index contributed by atoms with van der Waals surface area (Å²) in [6.07, 6.45) is 0.671. The Morgan fingerprint density at radius 3 is 2.62 bits per heavy atom. The molecule has 0 fully saturated rings. The molecule has 3 nitrogen and oxygen atoms in total.